The molecular formula is C29H34O10. The lowest BCUT2D eigenvalue weighted by Crippen LogP contribution is -2.58. The number of rotatable bonds is 6. The monoisotopic (exact) mass is 542 g/mol. The number of aliphatic hydroxyl groups is 8. The van der Waals surface area contributed by atoms with E-state index < -0.39 is 74.3 Å². The lowest BCUT2D eigenvalue weighted by atomic mass is 9.91. The molecule has 0 aromatic heterocycles. The molecule has 2 fully saturated rings. The zero-order valence-corrected chi connectivity index (χ0v) is 21.1. The summed E-state index contributed by atoms with van der Waals surface area (Å²) in [6, 6.07) is 14.4. The van der Waals surface area contributed by atoms with Crippen LogP contribution < -0.4 is 0 Å². The van der Waals surface area contributed by atoms with Crippen molar-refractivity contribution in [3.63, 3.8) is 0 Å². The fourth-order valence-corrected chi connectivity index (χ4v) is 4.67. The average molecular weight is 543 g/mol. The first-order chi connectivity index (χ1) is 18.7. The normalized spacial score (nSPS) is 35.0. The molecular weight excluding hydrogens is 508 g/mol. The minimum atomic E-state index is -1.44. The van der Waals surface area contributed by atoms with Gasteiger partial charge in [0.25, 0.3) is 0 Å². The van der Waals surface area contributed by atoms with Crippen molar-refractivity contribution >= 4 is 6.08 Å². The first-order valence-corrected chi connectivity index (χ1v) is 12.7. The number of aliphatic hydroxyl groups excluding tert-OH is 8. The maximum atomic E-state index is 10.3. The molecule has 10 nitrogen and oxygen atoms in total. The third-order valence-electron chi connectivity index (χ3n) is 7.06. The predicted molar refractivity (Wildman–Crippen MR) is 139 cm³/mol. The van der Waals surface area contributed by atoms with Crippen LogP contribution in [0.15, 0.2) is 54.6 Å². The van der Waals surface area contributed by atoms with Crippen LogP contribution in [0, 0.1) is 11.8 Å². The lowest BCUT2D eigenvalue weighted by molar-refractivity contribution is -0.231. The Bertz CT molecular complexity index is 1150. The zero-order chi connectivity index (χ0) is 28.1. The molecule has 2 heterocycles. The minimum absolute atomic E-state index is 0.280. The van der Waals surface area contributed by atoms with Gasteiger partial charge >= 0.3 is 0 Å². The summed E-state index contributed by atoms with van der Waals surface area (Å²) >= 11 is 0. The Balaban J connectivity index is 1.34. The minimum Gasteiger partial charge on any atom is -0.394 e. The van der Waals surface area contributed by atoms with Gasteiger partial charge in [-0.3, -0.25) is 0 Å². The second-order valence-electron chi connectivity index (χ2n) is 9.75. The van der Waals surface area contributed by atoms with E-state index in [9.17, 15) is 40.9 Å². The quantitative estimate of drug-likeness (QED) is 0.208. The van der Waals surface area contributed by atoms with Gasteiger partial charge in [0.1, 0.15) is 54.9 Å². The summed E-state index contributed by atoms with van der Waals surface area (Å²) < 4.78 is 11.1. The molecule has 210 valence electrons. The van der Waals surface area contributed by atoms with E-state index in [0.717, 1.165) is 11.1 Å². The van der Waals surface area contributed by atoms with Crippen molar-refractivity contribution in [1.82, 2.24) is 0 Å². The standard InChI is InChI=1S/C29H34O10/c30-14-21-24(33)26(35)23(32)20(38-21)3-1-2-16-4-6-17(7-5-16)8-9-18-10-12-19(13-11-18)29-28(37)27(36)25(34)22(15-31)39-29/h1-2,4-7,10-13,20-37H,3,14-15H2/b2-1+/t20-,21-,22-,23-,24-,25-,26-,27+,28+,29-/m1/s1. The van der Waals surface area contributed by atoms with Gasteiger partial charge in [-0.15, -0.1) is 0 Å². The summed E-state index contributed by atoms with van der Waals surface area (Å²) in [5.74, 6) is 6.13. The van der Waals surface area contributed by atoms with Gasteiger partial charge < -0.3 is 50.3 Å². The van der Waals surface area contributed by atoms with E-state index in [1.807, 2.05) is 30.3 Å². The Morgan fingerprint density at radius 2 is 1.08 bits per heavy atom. The highest BCUT2D eigenvalue weighted by atomic mass is 16.6. The van der Waals surface area contributed by atoms with Crippen LogP contribution in [0.4, 0.5) is 0 Å². The van der Waals surface area contributed by atoms with E-state index >= 15 is 0 Å². The van der Waals surface area contributed by atoms with Gasteiger partial charge in [-0.25, -0.2) is 0 Å². The molecule has 2 aromatic carbocycles. The van der Waals surface area contributed by atoms with Gasteiger partial charge in [0, 0.05) is 11.1 Å². The molecule has 0 radical (unpaired) electrons. The number of ether oxygens (including phenoxy) is 2. The molecule has 2 aliphatic heterocycles. The predicted octanol–water partition coefficient (Wildman–Crippen LogP) is -1.15. The van der Waals surface area contributed by atoms with Gasteiger partial charge in [0.05, 0.1) is 19.3 Å². The van der Waals surface area contributed by atoms with E-state index in [0.29, 0.717) is 11.1 Å². The molecule has 0 amide bonds. The van der Waals surface area contributed by atoms with Gasteiger partial charge in [0.2, 0.25) is 0 Å². The van der Waals surface area contributed by atoms with Crippen LogP contribution in [-0.2, 0) is 9.47 Å². The summed E-state index contributed by atoms with van der Waals surface area (Å²) in [6.45, 7) is -0.951. The molecule has 0 saturated carbocycles. The van der Waals surface area contributed by atoms with Crippen LogP contribution in [0.2, 0.25) is 0 Å². The smallest absolute Gasteiger partial charge is 0.113 e. The Kier molecular flexibility index (Phi) is 9.87. The van der Waals surface area contributed by atoms with E-state index in [2.05, 4.69) is 11.8 Å². The number of hydrogen-bond donors (Lipinski definition) is 8. The molecule has 10 heteroatoms. The van der Waals surface area contributed by atoms with Gasteiger partial charge in [-0.2, -0.15) is 0 Å². The molecule has 0 spiro atoms. The zero-order valence-electron chi connectivity index (χ0n) is 21.1. The van der Waals surface area contributed by atoms with Gasteiger partial charge in [-0.05, 0) is 41.8 Å². The number of hydrogen-bond acceptors (Lipinski definition) is 10. The molecule has 8 N–H and O–H groups in total. The fourth-order valence-electron chi connectivity index (χ4n) is 4.67. The maximum Gasteiger partial charge on any atom is 0.113 e. The molecule has 2 aliphatic rings. The van der Waals surface area contributed by atoms with E-state index in [4.69, 9.17) is 9.47 Å². The van der Waals surface area contributed by atoms with Crippen molar-refractivity contribution in [3.05, 3.63) is 76.9 Å². The molecule has 0 aliphatic carbocycles. The number of benzene rings is 2. The molecule has 2 saturated heterocycles. The van der Waals surface area contributed by atoms with Crippen molar-refractivity contribution in [2.24, 2.45) is 0 Å². The molecule has 4 rings (SSSR count). The van der Waals surface area contributed by atoms with Crippen LogP contribution in [0.1, 0.15) is 34.8 Å². The Labute approximate surface area is 226 Å². The average Bonchev–Trinajstić information content (AvgIpc) is 2.96. The fraction of sp³-hybridized carbons (Fsp3) is 0.448. The van der Waals surface area contributed by atoms with E-state index in [1.165, 1.54) is 0 Å². The molecule has 0 bridgehead atoms. The highest BCUT2D eigenvalue weighted by Gasteiger charge is 2.44. The SMILES string of the molecule is OC[C@H]1O[C@H](C/C=C/c2ccc(C#Cc3ccc([C@H]4O[C@H](CO)[C@@H](O)[C@H](O)[C@@H]4O)cc3)cc2)[C@@H](O)[C@@H](O)[C@@H]1O. The highest BCUT2D eigenvalue weighted by molar-refractivity contribution is 5.52. The van der Waals surface area contributed by atoms with Gasteiger partial charge in [-0.1, -0.05) is 48.3 Å². The summed E-state index contributed by atoms with van der Waals surface area (Å²) in [6.07, 6.45) is -7.89. The van der Waals surface area contributed by atoms with Crippen LogP contribution in [0.3, 0.4) is 0 Å². The van der Waals surface area contributed by atoms with Crippen molar-refractivity contribution in [1.29, 1.82) is 0 Å². The van der Waals surface area contributed by atoms with Crippen LogP contribution in [0.5, 0.6) is 0 Å². The van der Waals surface area contributed by atoms with Crippen LogP contribution >= 0.6 is 0 Å². The topological polar surface area (TPSA) is 180 Å². The Morgan fingerprint density at radius 1 is 0.590 bits per heavy atom. The third kappa shape index (κ3) is 6.74. The lowest BCUT2D eigenvalue weighted by Gasteiger charge is -2.40. The Hall–Kier alpha value is -2.66. The summed E-state index contributed by atoms with van der Waals surface area (Å²) in [5, 5.41) is 78.8. The molecule has 0 unspecified atom stereocenters. The van der Waals surface area contributed by atoms with Crippen molar-refractivity contribution in [2.45, 2.75) is 67.5 Å². The van der Waals surface area contributed by atoms with Gasteiger partial charge in [0.15, 0.2) is 0 Å². The second-order valence-corrected chi connectivity index (χ2v) is 9.75. The summed E-state index contributed by atoms with van der Waals surface area (Å²) in [7, 11) is 0. The second kappa shape index (κ2) is 13.1. The van der Waals surface area contributed by atoms with E-state index in [1.54, 1.807) is 30.3 Å². The largest absolute Gasteiger partial charge is 0.394 e. The van der Waals surface area contributed by atoms with E-state index in [-0.39, 0.29) is 6.42 Å². The van der Waals surface area contributed by atoms with Crippen molar-refractivity contribution in [2.75, 3.05) is 13.2 Å². The molecule has 39 heavy (non-hydrogen) atoms. The summed E-state index contributed by atoms with van der Waals surface area (Å²) in [5.41, 5.74) is 2.96. The maximum absolute atomic E-state index is 10.3. The Morgan fingerprint density at radius 3 is 1.64 bits per heavy atom. The van der Waals surface area contributed by atoms with Crippen molar-refractivity contribution in [3.8, 4) is 11.8 Å². The first kappa shape index (κ1) is 29.3. The van der Waals surface area contributed by atoms with Crippen LogP contribution in [-0.4, -0.2) is 109 Å². The van der Waals surface area contributed by atoms with Crippen molar-refractivity contribution < 1.29 is 50.3 Å². The summed E-state index contributed by atoms with van der Waals surface area (Å²) in [4.78, 5) is 0. The first-order valence-electron chi connectivity index (χ1n) is 12.7. The third-order valence-corrected chi connectivity index (χ3v) is 7.06. The molecule has 2 aromatic rings. The highest BCUT2D eigenvalue weighted by Crippen LogP contribution is 2.32. The van der Waals surface area contributed by atoms with Crippen LogP contribution in [0.25, 0.3) is 6.08 Å². The molecule has 10 atom stereocenters.